The number of hydrogen-bond acceptors (Lipinski definition) is 6. The van der Waals surface area contributed by atoms with Crippen LogP contribution in [0.25, 0.3) is 10.2 Å². The number of aryl methyl sites for hydroxylation is 2. The van der Waals surface area contributed by atoms with Crippen molar-refractivity contribution < 1.29 is 22.3 Å². The molecule has 2 fully saturated rings. The number of nitrogens with zero attached hydrogens (tertiary/aromatic N) is 3. The molecule has 5 rings (SSSR count). The molecule has 0 spiro atoms. The summed E-state index contributed by atoms with van der Waals surface area (Å²) in [5.41, 5.74) is 3.09. The van der Waals surface area contributed by atoms with Gasteiger partial charge < -0.3 is 4.74 Å². The van der Waals surface area contributed by atoms with Crippen molar-refractivity contribution in [2.45, 2.75) is 50.5 Å². The molecule has 2 unspecified atom stereocenters. The minimum absolute atomic E-state index is 0.0326. The van der Waals surface area contributed by atoms with E-state index in [1.807, 2.05) is 13.8 Å². The van der Waals surface area contributed by atoms with Gasteiger partial charge in [-0.15, -0.1) is 0 Å². The minimum Gasteiger partial charge on any atom is -0.376 e. The number of aromatic nitrogens is 1. The number of halogens is 1. The summed E-state index contributed by atoms with van der Waals surface area (Å²) in [7, 11) is -3.83. The van der Waals surface area contributed by atoms with Crippen LogP contribution in [0.4, 0.5) is 9.52 Å². The van der Waals surface area contributed by atoms with Crippen molar-refractivity contribution in [2.75, 3.05) is 31.1 Å². The second-order valence-corrected chi connectivity index (χ2v) is 12.6. The molecule has 3 heterocycles. The lowest BCUT2D eigenvalue weighted by Crippen LogP contribution is -2.48. The first-order chi connectivity index (χ1) is 17.2. The summed E-state index contributed by atoms with van der Waals surface area (Å²) in [6.07, 6.45) is 2.94. The number of anilines is 1. The SMILES string of the molecule is Cc1cc(C)c2nc(N(CC3CCCO3)C(=O)C3CCCN(S(=O)(=O)c4ccc(F)cc4)C3)sc2c1. The highest BCUT2D eigenvalue weighted by atomic mass is 32.2. The first-order valence-corrected chi connectivity index (χ1v) is 14.5. The molecule has 0 bridgehead atoms. The fourth-order valence-corrected chi connectivity index (χ4v) is 7.75. The predicted molar refractivity (Wildman–Crippen MR) is 138 cm³/mol. The van der Waals surface area contributed by atoms with Crippen LogP contribution in [-0.4, -0.2) is 56.0 Å². The Bertz CT molecular complexity index is 1370. The van der Waals surface area contributed by atoms with Crippen LogP contribution < -0.4 is 4.90 Å². The second-order valence-electron chi connectivity index (χ2n) is 9.66. The van der Waals surface area contributed by atoms with Crippen molar-refractivity contribution in [3.63, 3.8) is 0 Å². The number of piperidine rings is 1. The fourth-order valence-electron chi connectivity index (χ4n) is 5.07. The van der Waals surface area contributed by atoms with E-state index in [0.717, 1.165) is 46.3 Å². The predicted octanol–water partition coefficient (Wildman–Crippen LogP) is 4.67. The standard InChI is InChI=1S/C26H30FN3O4S2/c1-17-13-18(2)24-23(14-17)35-26(28-24)30(16-21-6-4-12-34-21)25(31)19-5-3-11-29(15-19)36(32,33)22-9-7-20(27)8-10-22/h7-10,13-14,19,21H,3-6,11-12,15-16H2,1-2H3. The van der Waals surface area contributed by atoms with Crippen molar-refractivity contribution in [1.29, 1.82) is 0 Å². The molecule has 192 valence electrons. The lowest BCUT2D eigenvalue weighted by atomic mass is 9.98. The molecule has 36 heavy (non-hydrogen) atoms. The van der Waals surface area contributed by atoms with Gasteiger partial charge in [0.15, 0.2) is 5.13 Å². The minimum atomic E-state index is -3.83. The number of benzene rings is 2. The Morgan fingerprint density at radius 3 is 2.69 bits per heavy atom. The molecule has 1 aromatic heterocycles. The quantitative estimate of drug-likeness (QED) is 0.462. The maximum absolute atomic E-state index is 13.9. The molecule has 7 nitrogen and oxygen atoms in total. The van der Waals surface area contributed by atoms with Gasteiger partial charge in [-0.25, -0.2) is 17.8 Å². The highest BCUT2D eigenvalue weighted by Gasteiger charge is 2.37. The van der Waals surface area contributed by atoms with Gasteiger partial charge in [0.2, 0.25) is 15.9 Å². The molecule has 2 saturated heterocycles. The molecule has 0 saturated carbocycles. The number of sulfonamides is 1. The number of ether oxygens (including phenoxy) is 1. The van der Waals surface area contributed by atoms with Gasteiger partial charge >= 0.3 is 0 Å². The van der Waals surface area contributed by atoms with Crippen molar-refractivity contribution >= 4 is 42.6 Å². The molecule has 10 heteroatoms. The Kier molecular flexibility index (Phi) is 7.13. The molecule has 2 atom stereocenters. The third-order valence-corrected chi connectivity index (χ3v) is 9.82. The zero-order chi connectivity index (χ0) is 25.4. The van der Waals surface area contributed by atoms with E-state index in [0.29, 0.717) is 37.7 Å². The van der Waals surface area contributed by atoms with Gasteiger partial charge in [0.05, 0.1) is 33.7 Å². The molecule has 0 N–H and O–H groups in total. The topological polar surface area (TPSA) is 79.8 Å². The van der Waals surface area contributed by atoms with E-state index in [2.05, 4.69) is 12.1 Å². The lowest BCUT2D eigenvalue weighted by Gasteiger charge is -2.34. The van der Waals surface area contributed by atoms with Crippen molar-refractivity contribution in [2.24, 2.45) is 5.92 Å². The Morgan fingerprint density at radius 2 is 1.97 bits per heavy atom. The van der Waals surface area contributed by atoms with Crippen LogP contribution in [0.1, 0.15) is 36.8 Å². The van der Waals surface area contributed by atoms with E-state index < -0.39 is 21.8 Å². The highest BCUT2D eigenvalue weighted by molar-refractivity contribution is 7.89. The van der Waals surface area contributed by atoms with Gasteiger partial charge in [-0.2, -0.15) is 4.31 Å². The van der Waals surface area contributed by atoms with E-state index in [1.165, 1.54) is 27.8 Å². The van der Waals surface area contributed by atoms with E-state index >= 15 is 0 Å². The van der Waals surface area contributed by atoms with Gasteiger partial charge in [-0.05, 0) is 81.0 Å². The molecule has 0 radical (unpaired) electrons. The number of hydrogen-bond donors (Lipinski definition) is 0. The fraction of sp³-hybridized carbons (Fsp3) is 0.462. The Morgan fingerprint density at radius 1 is 1.19 bits per heavy atom. The van der Waals surface area contributed by atoms with Crippen LogP contribution in [0.15, 0.2) is 41.3 Å². The molecular weight excluding hydrogens is 501 g/mol. The molecule has 2 aromatic carbocycles. The van der Waals surface area contributed by atoms with E-state index in [1.54, 1.807) is 4.90 Å². The third-order valence-electron chi connectivity index (χ3n) is 6.91. The van der Waals surface area contributed by atoms with Crippen molar-refractivity contribution in [1.82, 2.24) is 9.29 Å². The average Bonchev–Trinajstić information content (AvgIpc) is 3.52. The van der Waals surface area contributed by atoms with Crippen LogP contribution >= 0.6 is 11.3 Å². The van der Waals surface area contributed by atoms with E-state index in [4.69, 9.17) is 9.72 Å². The Balaban J connectivity index is 1.43. The summed E-state index contributed by atoms with van der Waals surface area (Å²) in [5, 5.41) is 0.623. The zero-order valence-electron chi connectivity index (χ0n) is 20.4. The summed E-state index contributed by atoms with van der Waals surface area (Å²) in [5.74, 6) is -1.12. The van der Waals surface area contributed by atoms with E-state index in [9.17, 15) is 17.6 Å². The molecule has 3 aromatic rings. The number of carbonyl (C=O) groups excluding carboxylic acids is 1. The summed E-state index contributed by atoms with van der Waals surface area (Å²) in [4.78, 5) is 20.5. The van der Waals surface area contributed by atoms with Crippen LogP contribution in [0.3, 0.4) is 0 Å². The smallest absolute Gasteiger partial charge is 0.243 e. The highest BCUT2D eigenvalue weighted by Crippen LogP contribution is 2.34. The largest absolute Gasteiger partial charge is 0.376 e. The lowest BCUT2D eigenvalue weighted by molar-refractivity contribution is -0.123. The summed E-state index contributed by atoms with van der Waals surface area (Å²) in [6, 6.07) is 8.98. The molecular formula is C26H30FN3O4S2. The summed E-state index contributed by atoms with van der Waals surface area (Å²) >= 11 is 1.49. The normalized spacial score (nSPS) is 21.2. The van der Waals surface area contributed by atoms with Gasteiger partial charge in [0.1, 0.15) is 5.82 Å². The van der Waals surface area contributed by atoms with Gasteiger partial charge in [-0.1, -0.05) is 17.4 Å². The maximum Gasteiger partial charge on any atom is 0.243 e. The Hall–Kier alpha value is -2.40. The van der Waals surface area contributed by atoms with Crippen LogP contribution in [0.5, 0.6) is 0 Å². The molecule has 2 aliphatic rings. The monoisotopic (exact) mass is 531 g/mol. The summed E-state index contributed by atoms with van der Waals surface area (Å²) < 4.78 is 48.0. The summed E-state index contributed by atoms with van der Waals surface area (Å²) in [6.45, 7) is 5.55. The molecule has 1 amide bonds. The van der Waals surface area contributed by atoms with Crippen LogP contribution in [0.2, 0.25) is 0 Å². The number of fused-ring (bicyclic) bond motifs is 1. The van der Waals surface area contributed by atoms with Crippen LogP contribution in [-0.2, 0) is 19.6 Å². The van der Waals surface area contributed by atoms with Gasteiger partial charge in [-0.3, -0.25) is 9.69 Å². The average molecular weight is 532 g/mol. The molecule has 0 aliphatic carbocycles. The van der Waals surface area contributed by atoms with Crippen LogP contribution in [0, 0.1) is 25.6 Å². The zero-order valence-corrected chi connectivity index (χ0v) is 22.1. The number of rotatable bonds is 6. The third kappa shape index (κ3) is 5.04. The second kappa shape index (κ2) is 10.2. The number of thiazole rings is 1. The molecule has 2 aliphatic heterocycles. The van der Waals surface area contributed by atoms with Crippen molar-refractivity contribution in [3.8, 4) is 0 Å². The first kappa shape index (κ1) is 25.3. The van der Waals surface area contributed by atoms with Gasteiger partial charge in [0, 0.05) is 19.7 Å². The number of amides is 1. The van der Waals surface area contributed by atoms with Gasteiger partial charge in [0.25, 0.3) is 0 Å². The number of carbonyl (C=O) groups is 1. The van der Waals surface area contributed by atoms with Crippen molar-refractivity contribution in [3.05, 3.63) is 53.3 Å². The maximum atomic E-state index is 13.9. The van der Waals surface area contributed by atoms with E-state index in [-0.39, 0.29) is 23.5 Å². The first-order valence-electron chi connectivity index (χ1n) is 12.3. The Labute approximate surface area is 214 Å².